The Kier molecular flexibility index (Phi) is 82.8. The average Bonchev–Trinajstić information content (AvgIpc) is 1.76. The van der Waals surface area contributed by atoms with Crippen molar-refractivity contribution in [2.45, 2.75) is 0 Å². The summed E-state index contributed by atoms with van der Waals surface area (Å²) in [7, 11) is -11.7. The van der Waals surface area contributed by atoms with E-state index in [1.165, 1.54) is 0 Å². The second kappa shape index (κ2) is 36.7. The molecule has 19 heteroatoms. The van der Waals surface area contributed by atoms with Crippen LogP contribution in [0.15, 0.2) is 0 Å². The zero-order valence-corrected chi connectivity index (χ0v) is 12.8. The van der Waals surface area contributed by atoms with Crippen molar-refractivity contribution in [2.24, 2.45) is 0 Å². The van der Waals surface area contributed by atoms with Crippen LogP contribution < -0.4 is 60.3 Å². The van der Waals surface area contributed by atoms with Gasteiger partial charge in [-0.15, -0.1) is 0 Å². The van der Waals surface area contributed by atoms with E-state index in [0.717, 1.165) is 0 Å². The van der Waals surface area contributed by atoms with Gasteiger partial charge in [0.15, 0.2) is 0 Å². The molecule has 0 rings (SSSR count). The summed E-state index contributed by atoms with van der Waals surface area (Å²) in [5.41, 5.74) is 0. The minimum atomic E-state index is -2.92. The first-order chi connectivity index (χ1) is 6.93. The molecule has 0 amide bonds. The Bertz CT molecular complexity index is 68.0. The van der Waals surface area contributed by atoms with Gasteiger partial charge in [-0.25, -0.2) is 0 Å². The van der Waals surface area contributed by atoms with Crippen LogP contribution in [0.1, 0.15) is 0 Å². The smallest absolute Gasteiger partial charge is 0 e. The standard InChI is InChI=1S/4BO3.3Pd/c4*2-1(3)4;;;/q4*-3;;;. The van der Waals surface area contributed by atoms with Crippen LogP contribution in [0.25, 0.3) is 0 Å². The van der Waals surface area contributed by atoms with Crippen molar-refractivity contribution in [3.05, 3.63) is 0 Å². The van der Waals surface area contributed by atoms with Crippen molar-refractivity contribution < 1.29 is 122 Å². The molecule has 0 spiro atoms. The molecule has 0 N–H and O–H groups in total. The monoisotopic (exact) mass is 554 g/mol. The first-order valence-corrected chi connectivity index (χ1v) is 2.83. The summed E-state index contributed by atoms with van der Waals surface area (Å²) in [4.78, 5) is 0. The molecular formula is B4O12Pd3-12. The second-order valence-electron chi connectivity index (χ2n) is 1.15. The topological polar surface area (TPSA) is 277 Å². The maximum absolute atomic E-state index is 8.42. The van der Waals surface area contributed by atoms with E-state index < -0.39 is 29.3 Å². The van der Waals surface area contributed by atoms with Crippen LogP contribution in [-0.4, -0.2) is 29.3 Å². The van der Waals surface area contributed by atoms with Crippen molar-refractivity contribution in [3.63, 3.8) is 0 Å². The van der Waals surface area contributed by atoms with Crippen molar-refractivity contribution in [1.29, 1.82) is 0 Å². The summed E-state index contributed by atoms with van der Waals surface area (Å²) >= 11 is 0. The molecule has 0 bridgehead atoms. The molecular weight excluding hydrogens is 554 g/mol. The van der Waals surface area contributed by atoms with Crippen LogP contribution in [0.2, 0.25) is 0 Å². The molecule has 0 atom stereocenters. The quantitative estimate of drug-likeness (QED) is 0.252. The first kappa shape index (κ1) is 42.8. The molecule has 12 nitrogen and oxygen atoms in total. The van der Waals surface area contributed by atoms with E-state index in [9.17, 15) is 0 Å². The van der Waals surface area contributed by atoms with E-state index in [1.54, 1.807) is 0 Å². The van der Waals surface area contributed by atoms with E-state index >= 15 is 0 Å². The van der Waals surface area contributed by atoms with Crippen molar-refractivity contribution in [3.8, 4) is 0 Å². The molecule has 0 aliphatic rings. The van der Waals surface area contributed by atoms with Gasteiger partial charge in [-0.05, 0) is 0 Å². The van der Waals surface area contributed by atoms with Gasteiger partial charge >= 0.3 is 0 Å². The Labute approximate surface area is 150 Å². The van der Waals surface area contributed by atoms with E-state index in [2.05, 4.69) is 0 Å². The number of hydrogen-bond acceptors (Lipinski definition) is 12. The summed E-state index contributed by atoms with van der Waals surface area (Å²) < 4.78 is 0. The van der Waals surface area contributed by atoms with E-state index in [1.807, 2.05) is 0 Å². The van der Waals surface area contributed by atoms with Gasteiger partial charge < -0.3 is 60.3 Å². The molecule has 126 valence electrons. The summed E-state index contributed by atoms with van der Waals surface area (Å²) in [5, 5.41) is 101. The summed E-state index contributed by atoms with van der Waals surface area (Å²) in [6, 6.07) is 0. The van der Waals surface area contributed by atoms with Crippen LogP contribution in [0.5, 0.6) is 0 Å². The molecule has 19 heavy (non-hydrogen) atoms. The molecule has 0 heterocycles. The average molecular weight is 554 g/mol. The van der Waals surface area contributed by atoms with Gasteiger partial charge in [0.25, 0.3) is 0 Å². The molecule has 0 aliphatic heterocycles. The van der Waals surface area contributed by atoms with Gasteiger partial charge in [-0.3, -0.25) is 29.3 Å². The first-order valence-electron chi connectivity index (χ1n) is 2.83. The molecule has 0 aromatic carbocycles. The Morgan fingerprint density at radius 2 is 0.263 bits per heavy atom. The van der Waals surface area contributed by atoms with Gasteiger partial charge in [0.2, 0.25) is 0 Å². The van der Waals surface area contributed by atoms with Crippen molar-refractivity contribution in [1.82, 2.24) is 0 Å². The van der Waals surface area contributed by atoms with Crippen molar-refractivity contribution in [2.75, 3.05) is 0 Å². The Hall–Kier alpha value is 1.77. The zero-order chi connectivity index (χ0) is 14.3. The molecule has 0 aromatic heterocycles. The fourth-order valence-electron chi connectivity index (χ4n) is 0. The maximum atomic E-state index is 8.42. The SMILES string of the molecule is [O-]B([O-])[O-].[O-]B([O-])[O-].[O-]B([O-])[O-].[O-]B([O-])[O-].[Pd].[Pd].[Pd]. The van der Waals surface area contributed by atoms with Gasteiger partial charge in [0.1, 0.15) is 0 Å². The van der Waals surface area contributed by atoms with E-state index in [0.29, 0.717) is 0 Å². The van der Waals surface area contributed by atoms with E-state index in [-0.39, 0.29) is 61.3 Å². The molecule has 0 unspecified atom stereocenters. The largest absolute Gasteiger partial charge is 0.907 e. The molecule has 0 saturated heterocycles. The predicted molar refractivity (Wildman–Crippen MR) is 23.0 cm³/mol. The zero-order valence-electron chi connectivity index (χ0n) is 8.16. The Morgan fingerprint density at radius 1 is 0.263 bits per heavy atom. The minimum Gasteiger partial charge on any atom is -0.907 e. The molecule has 0 saturated carbocycles. The third kappa shape index (κ3) is 2000. The number of hydrogen-bond donors (Lipinski definition) is 0. The van der Waals surface area contributed by atoms with E-state index in [4.69, 9.17) is 60.3 Å². The Balaban J connectivity index is -0.0000000192. The van der Waals surface area contributed by atoms with Gasteiger partial charge in [-0.1, -0.05) is 0 Å². The molecule has 0 aliphatic carbocycles. The summed E-state index contributed by atoms with van der Waals surface area (Å²) in [6.45, 7) is 0. The van der Waals surface area contributed by atoms with Gasteiger partial charge in [0, 0.05) is 61.3 Å². The predicted octanol–water partition coefficient (Wildman–Crippen LogP) is -15.8. The van der Waals surface area contributed by atoms with Gasteiger partial charge in [-0.2, -0.15) is 0 Å². The molecule has 0 radical (unpaired) electrons. The third-order valence-electron chi connectivity index (χ3n) is 0. The van der Waals surface area contributed by atoms with Crippen LogP contribution in [0, 0.1) is 0 Å². The van der Waals surface area contributed by atoms with Crippen LogP contribution >= 0.6 is 0 Å². The molecule has 0 aromatic rings. The second-order valence-corrected chi connectivity index (χ2v) is 1.15. The maximum Gasteiger partial charge on any atom is 0 e. The Morgan fingerprint density at radius 3 is 0.263 bits per heavy atom. The van der Waals surface area contributed by atoms with Crippen LogP contribution in [0.4, 0.5) is 0 Å². The third-order valence-corrected chi connectivity index (χ3v) is 0. The minimum absolute atomic E-state index is 0. The summed E-state index contributed by atoms with van der Waals surface area (Å²) in [5.74, 6) is 0. The normalized spacial score (nSPS) is 5.68. The number of rotatable bonds is 0. The van der Waals surface area contributed by atoms with Crippen LogP contribution in [0.3, 0.4) is 0 Å². The fourth-order valence-corrected chi connectivity index (χ4v) is 0. The van der Waals surface area contributed by atoms with Crippen LogP contribution in [-0.2, 0) is 61.3 Å². The van der Waals surface area contributed by atoms with Gasteiger partial charge in [0.05, 0.1) is 0 Å². The fraction of sp³-hybridized carbons (Fsp3) is 0. The summed E-state index contributed by atoms with van der Waals surface area (Å²) in [6.07, 6.45) is 0. The van der Waals surface area contributed by atoms with Crippen molar-refractivity contribution >= 4 is 29.3 Å². The molecule has 0 fully saturated rings.